The van der Waals surface area contributed by atoms with E-state index in [1.807, 2.05) is 12.1 Å². The predicted octanol–water partition coefficient (Wildman–Crippen LogP) is 5.11. The smallest absolute Gasteiger partial charge is 0.164 e. The van der Waals surface area contributed by atoms with Gasteiger partial charge < -0.3 is 0 Å². The summed E-state index contributed by atoms with van der Waals surface area (Å²) < 4.78 is 0.774. The van der Waals surface area contributed by atoms with Gasteiger partial charge in [0.05, 0.1) is 5.02 Å². The van der Waals surface area contributed by atoms with E-state index < -0.39 is 0 Å². The molecule has 0 bridgehead atoms. The minimum absolute atomic E-state index is 0.112. The Morgan fingerprint density at radius 3 is 2.56 bits per heavy atom. The van der Waals surface area contributed by atoms with Crippen molar-refractivity contribution in [1.29, 1.82) is 0 Å². The van der Waals surface area contributed by atoms with E-state index in [4.69, 9.17) is 11.6 Å². The zero-order valence-electron chi connectivity index (χ0n) is 9.81. The molecule has 0 aliphatic heterocycles. The van der Waals surface area contributed by atoms with Crippen LogP contribution in [0.25, 0.3) is 0 Å². The molecule has 88 valence electrons. The molecule has 0 N–H and O–H groups in total. The first-order chi connectivity index (χ1) is 7.31. The lowest BCUT2D eigenvalue weighted by Gasteiger charge is -2.17. The summed E-state index contributed by atoms with van der Waals surface area (Å²) in [6.07, 6.45) is 1.41. The second kappa shape index (κ2) is 5.33. The van der Waals surface area contributed by atoms with Crippen LogP contribution >= 0.6 is 27.5 Å². The normalized spacial score (nSPS) is 11.6. The van der Waals surface area contributed by atoms with Gasteiger partial charge in [-0.3, -0.25) is 4.79 Å². The zero-order chi connectivity index (χ0) is 12.3. The molecule has 1 nitrogen and oxygen atoms in total. The maximum Gasteiger partial charge on any atom is 0.164 e. The fourth-order valence-corrected chi connectivity index (χ4v) is 1.94. The third-order valence-electron chi connectivity index (χ3n) is 2.35. The molecule has 1 rings (SSSR count). The molecule has 1 aromatic carbocycles. The molecule has 0 spiro atoms. The van der Waals surface area contributed by atoms with Crippen molar-refractivity contribution in [3.05, 3.63) is 33.3 Å². The summed E-state index contributed by atoms with van der Waals surface area (Å²) in [6.45, 7) is 6.38. The Bertz CT molecular complexity index is 393. The molecule has 16 heavy (non-hydrogen) atoms. The first kappa shape index (κ1) is 13.7. The largest absolute Gasteiger partial charge is 0.294 e. The Kier molecular flexibility index (Phi) is 4.57. The van der Waals surface area contributed by atoms with Crippen LogP contribution in [-0.4, -0.2) is 5.78 Å². The van der Waals surface area contributed by atoms with E-state index in [-0.39, 0.29) is 11.2 Å². The molecule has 0 unspecified atom stereocenters. The average molecular weight is 304 g/mol. The van der Waals surface area contributed by atoms with Gasteiger partial charge in [0.25, 0.3) is 0 Å². The minimum Gasteiger partial charge on any atom is -0.294 e. The Morgan fingerprint density at radius 2 is 2.00 bits per heavy atom. The number of carbonyl (C=O) groups excluding carboxylic acids is 1. The maximum atomic E-state index is 12.0. The van der Waals surface area contributed by atoms with Gasteiger partial charge in [-0.1, -0.05) is 38.4 Å². The van der Waals surface area contributed by atoms with E-state index in [1.54, 1.807) is 6.07 Å². The van der Waals surface area contributed by atoms with Crippen LogP contribution in [0.3, 0.4) is 0 Å². The van der Waals surface area contributed by atoms with Gasteiger partial charge in [0.1, 0.15) is 0 Å². The molecule has 0 aromatic heterocycles. The molecule has 0 aliphatic rings. The van der Waals surface area contributed by atoms with Crippen LogP contribution in [0.15, 0.2) is 22.7 Å². The fraction of sp³-hybridized carbons (Fsp3) is 0.462. The highest BCUT2D eigenvalue weighted by Crippen LogP contribution is 2.28. The van der Waals surface area contributed by atoms with Crippen molar-refractivity contribution in [2.24, 2.45) is 5.41 Å². The van der Waals surface area contributed by atoms with Crippen molar-refractivity contribution < 1.29 is 4.79 Å². The molecule has 0 saturated heterocycles. The van der Waals surface area contributed by atoms with Crippen molar-refractivity contribution in [1.82, 2.24) is 0 Å². The fourth-order valence-electron chi connectivity index (χ4n) is 1.34. The standard InChI is InChI=1S/C13H16BrClO/c1-13(2,3)8-7-11(16)9-5-4-6-10(14)12(9)15/h4-6H,7-8H2,1-3H3. The van der Waals surface area contributed by atoms with Crippen LogP contribution in [0.5, 0.6) is 0 Å². The third kappa shape index (κ3) is 3.91. The van der Waals surface area contributed by atoms with Gasteiger partial charge in [-0.15, -0.1) is 0 Å². The van der Waals surface area contributed by atoms with Crippen LogP contribution < -0.4 is 0 Å². The van der Waals surface area contributed by atoms with Crippen molar-refractivity contribution >= 4 is 33.3 Å². The van der Waals surface area contributed by atoms with Gasteiger partial charge in [0.2, 0.25) is 0 Å². The van der Waals surface area contributed by atoms with Crippen LogP contribution in [0.4, 0.5) is 0 Å². The van der Waals surface area contributed by atoms with E-state index in [2.05, 4.69) is 36.7 Å². The monoisotopic (exact) mass is 302 g/mol. The summed E-state index contributed by atoms with van der Waals surface area (Å²) in [5.74, 6) is 0.112. The van der Waals surface area contributed by atoms with Crippen molar-refractivity contribution in [3.63, 3.8) is 0 Å². The summed E-state index contributed by atoms with van der Waals surface area (Å²) in [5, 5.41) is 0.515. The van der Waals surface area contributed by atoms with Crippen LogP contribution in [0, 0.1) is 5.41 Å². The van der Waals surface area contributed by atoms with Crippen molar-refractivity contribution in [3.8, 4) is 0 Å². The van der Waals surface area contributed by atoms with Gasteiger partial charge in [0.15, 0.2) is 5.78 Å². The lowest BCUT2D eigenvalue weighted by Crippen LogP contribution is -2.09. The highest BCUT2D eigenvalue weighted by Gasteiger charge is 2.16. The lowest BCUT2D eigenvalue weighted by atomic mass is 9.88. The summed E-state index contributed by atoms with van der Waals surface area (Å²) in [5.41, 5.74) is 0.786. The lowest BCUT2D eigenvalue weighted by molar-refractivity contribution is 0.0966. The number of rotatable bonds is 3. The quantitative estimate of drug-likeness (QED) is 0.709. The second-order valence-electron chi connectivity index (χ2n) is 5.09. The molecular formula is C13H16BrClO. The first-order valence-corrected chi connectivity index (χ1v) is 6.45. The van der Waals surface area contributed by atoms with E-state index in [9.17, 15) is 4.79 Å². The number of hydrogen-bond acceptors (Lipinski definition) is 1. The summed E-state index contributed by atoms with van der Waals surface area (Å²) in [7, 11) is 0. The summed E-state index contributed by atoms with van der Waals surface area (Å²) >= 11 is 9.39. The Labute approximate surface area is 110 Å². The number of halogens is 2. The highest BCUT2D eigenvalue weighted by atomic mass is 79.9. The van der Waals surface area contributed by atoms with Gasteiger partial charge in [0, 0.05) is 16.5 Å². The molecule has 0 heterocycles. The molecule has 0 aliphatic carbocycles. The average Bonchev–Trinajstić information content (AvgIpc) is 2.17. The predicted molar refractivity (Wildman–Crippen MR) is 72.2 cm³/mol. The van der Waals surface area contributed by atoms with Gasteiger partial charge in [-0.25, -0.2) is 0 Å². The molecule has 1 aromatic rings. The van der Waals surface area contributed by atoms with E-state index >= 15 is 0 Å². The Balaban J connectivity index is 2.78. The summed E-state index contributed by atoms with van der Waals surface area (Å²) in [4.78, 5) is 12.0. The van der Waals surface area contributed by atoms with Crippen molar-refractivity contribution in [2.45, 2.75) is 33.6 Å². The number of carbonyl (C=O) groups is 1. The number of Topliss-reactive ketones (excluding diaryl/α,β-unsaturated/α-hetero) is 1. The maximum absolute atomic E-state index is 12.0. The number of benzene rings is 1. The van der Waals surface area contributed by atoms with Gasteiger partial charge >= 0.3 is 0 Å². The van der Waals surface area contributed by atoms with Crippen LogP contribution in [0.2, 0.25) is 5.02 Å². The van der Waals surface area contributed by atoms with E-state index in [0.29, 0.717) is 17.0 Å². The highest BCUT2D eigenvalue weighted by molar-refractivity contribution is 9.10. The van der Waals surface area contributed by atoms with E-state index in [1.165, 1.54) is 0 Å². The topological polar surface area (TPSA) is 17.1 Å². The van der Waals surface area contributed by atoms with Crippen molar-refractivity contribution in [2.75, 3.05) is 0 Å². The molecule has 0 saturated carbocycles. The zero-order valence-corrected chi connectivity index (χ0v) is 12.2. The minimum atomic E-state index is 0.112. The number of ketones is 1. The Hall–Kier alpha value is -0.340. The third-order valence-corrected chi connectivity index (χ3v) is 3.65. The van der Waals surface area contributed by atoms with E-state index in [0.717, 1.165) is 10.9 Å². The molecular weight excluding hydrogens is 287 g/mol. The molecule has 0 radical (unpaired) electrons. The van der Waals surface area contributed by atoms with Crippen LogP contribution in [-0.2, 0) is 0 Å². The molecule has 0 amide bonds. The molecule has 0 fully saturated rings. The SMILES string of the molecule is CC(C)(C)CCC(=O)c1cccc(Br)c1Cl. The molecule has 0 atom stereocenters. The first-order valence-electron chi connectivity index (χ1n) is 5.28. The van der Waals surface area contributed by atoms with Gasteiger partial charge in [-0.05, 0) is 39.9 Å². The second-order valence-corrected chi connectivity index (χ2v) is 6.32. The Morgan fingerprint density at radius 1 is 1.38 bits per heavy atom. The van der Waals surface area contributed by atoms with Gasteiger partial charge in [-0.2, -0.15) is 0 Å². The summed E-state index contributed by atoms with van der Waals surface area (Å²) in [6, 6.07) is 5.45. The molecule has 3 heteroatoms. The number of hydrogen-bond donors (Lipinski definition) is 0. The van der Waals surface area contributed by atoms with Crippen LogP contribution in [0.1, 0.15) is 44.0 Å².